The number of hydrogen-bond acceptors (Lipinski definition) is 6. The van der Waals surface area contributed by atoms with Crippen LogP contribution >= 0.6 is 31.9 Å². The fourth-order valence-electron chi connectivity index (χ4n) is 5.04. The van der Waals surface area contributed by atoms with Gasteiger partial charge in [-0.15, -0.1) is 0 Å². The maximum atomic E-state index is 12.3. The van der Waals surface area contributed by atoms with Crippen molar-refractivity contribution in [3.63, 3.8) is 0 Å². The van der Waals surface area contributed by atoms with E-state index in [0.717, 1.165) is 52.5 Å². The van der Waals surface area contributed by atoms with Crippen LogP contribution in [0.1, 0.15) is 70.7 Å². The van der Waals surface area contributed by atoms with Crippen molar-refractivity contribution in [3.05, 3.63) is 67.6 Å². The highest BCUT2D eigenvalue weighted by molar-refractivity contribution is 9.10. The van der Waals surface area contributed by atoms with E-state index >= 15 is 0 Å². The number of piperazine rings is 2. The van der Waals surface area contributed by atoms with Gasteiger partial charge in [-0.1, -0.05) is 71.7 Å². The molecule has 2 saturated heterocycles. The summed E-state index contributed by atoms with van der Waals surface area (Å²) in [5.41, 5.74) is 4.18. The highest BCUT2D eigenvalue weighted by atomic mass is 79.9. The second-order valence-electron chi connectivity index (χ2n) is 14.2. The molecule has 2 aliphatic heterocycles. The molecule has 0 unspecified atom stereocenters. The molecule has 0 spiro atoms. The number of carbonyl (C=O) groups excluding carboxylic acids is 4. The van der Waals surface area contributed by atoms with Crippen LogP contribution in [-0.2, 0) is 32.2 Å². The molecule has 0 saturated carbocycles. The molecule has 2 fully saturated rings. The largest absolute Gasteiger partial charge is 0.444 e. The zero-order valence-electron chi connectivity index (χ0n) is 30.1. The molecule has 2 aromatic rings. The quantitative estimate of drug-likeness (QED) is 0.275. The topological polar surface area (TPSA) is 90.5 Å². The molecule has 3 amide bonds. The molecule has 0 atom stereocenters. The summed E-state index contributed by atoms with van der Waals surface area (Å²) in [6, 6.07) is 12.3. The molecule has 9 nitrogen and oxygen atoms in total. The van der Waals surface area contributed by atoms with Crippen LogP contribution in [0.4, 0.5) is 4.79 Å². The molecular formula is C37H54Br2N4O5. The van der Waals surface area contributed by atoms with Gasteiger partial charge in [0.2, 0.25) is 11.8 Å². The third-order valence-corrected chi connectivity index (χ3v) is 8.58. The number of ether oxygens (including phenoxy) is 1. The lowest BCUT2D eigenvalue weighted by Gasteiger charge is -2.35. The number of aldehydes is 1. The zero-order chi connectivity index (χ0) is 36.2. The predicted molar refractivity (Wildman–Crippen MR) is 199 cm³/mol. The van der Waals surface area contributed by atoms with Crippen molar-refractivity contribution in [2.45, 2.75) is 81.0 Å². The number of carbonyl (C=O) groups is 4. The van der Waals surface area contributed by atoms with Crippen LogP contribution in [0.15, 0.2) is 45.3 Å². The van der Waals surface area contributed by atoms with Gasteiger partial charge in [-0.2, -0.15) is 0 Å². The normalized spacial score (nSPS) is 15.6. The van der Waals surface area contributed by atoms with E-state index in [1.54, 1.807) is 4.90 Å². The fourth-order valence-corrected chi connectivity index (χ4v) is 5.99. The number of aryl methyl sites for hydroxylation is 2. The number of amides is 3. The van der Waals surface area contributed by atoms with Gasteiger partial charge >= 0.3 is 6.09 Å². The van der Waals surface area contributed by atoms with E-state index in [1.165, 1.54) is 16.0 Å². The van der Waals surface area contributed by atoms with Gasteiger partial charge in [0, 0.05) is 60.7 Å². The van der Waals surface area contributed by atoms with Crippen molar-refractivity contribution < 1.29 is 23.9 Å². The molecule has 2 heterocycles. The molecule has 0 aliphatic carbocycles. The van der Waals surface area contributed by atoms with Crippen LogP contribution in [0.25, 0.3) is 0 Å². The van der Waals surface area contributed by atoms with Gasteiger partial charge in [0.1, 0.15) is 18.4 Å². The standard InChI is InChI=1S/C17H23BrN2O3.C16H23BrN2O.C4H8O/c1-12-9-14(18)6-5-13(12)10-19-7-8-20(11-15(19)21)16(22)23-17(2,3)4;1-12(2)9-18-6-7-19(16(20)11-18)10-14-4-5-15(17)8-13(14)3;1-4(2)3-5/h5-6,9H,7-8,10-11H2,1-4H3;4-5,8,12H,6-7,9-11H2,1-3H3;3-4H,1-2H3. The number of benzene rings is 2. The molecule has 2 aliphatic rings. The zero-order valence-corrected chi connectivity index (χ0v) is 33.3. The summed E-state index contributed by atoms with van der Waals surface area (Å²) in [4.78, 5) is 53.6. The average Bonchev–Trinajstić information content (AvgIpc) is 2.97. The van der Waals surface area contributed by atoms with E-state index < -0.39 is 11.7 Å². The Kier molecular flexibility index (Phi) is 16.8. The lowest BCUT2D eigenvalue weighted by atomic mass is 10.1. The Balaban J connectivity index is 0.000000294. The van der Waals surface area contributed by atoms with Crippen molar-refractivity contribution in [1.29, 1.82) is 0 Å². The smallest absolute Gasteiger partial charge is 0.410 e. The average molecular weight is 795 g/mol. The number of rotatable bonds is 7. The SMILES string of the molecule is CC(C)C=O.Cc1cc(Br)ccc1CN1CCN(C(=O)OC(C)(C)C)CC1=O.Cc1cc(Br)ccc1CN1CCN(CC(C)C)CC1=O. The number of halogens is 2. The van der Waals surface area contributed by atoms with Crippen LogP contribution in [0.2, 0.25) is 0 Å². The second-order valence-corrected chi connectivity index (χ2v) is 16.0. The van der Waals surface area contributed by atoms with Crippen molar-refractivity contribution in [1.82, 2.24) is 19.6 Å². The highest BCUT2D eigenvalue weighted by Gasteiger charge is 2.30. The van der Waals surface area contributed by atoms with Crippen LogP contribution in [0, 0.1) is 25.7 Å². The first-order valence-electron chi connectivity index (χ1n) is 16.6. The lowest BCUT2D eigenvalue weighted by Crippen LogP contribution is -2.52. The van der Waals surface area contributed by atoms with Crippen LogP contribution in [0.5, 0.6) is 0 Å². The molecule has 11 heteroatoms. The minimum Gasteiger partial charge on any atom is -0.444 e. The van der Waals surface area contributed by atoms with Crippen LogP contribution in [-0.4, -0.2) is 95.2 Å². The van der Waals surface area contributed by atoms with Gasteiger partial charge in [-0.25, -0.2) is 4.79 Å². The van der Waals surface area contributed by atoms with Gasteiger partial charge in [-0.05, 0) is 87.1 Å². The highest BCUT2D eigenvalue weighted by Crippen LogP contribution is 2.20. The summed E-state index contributed by atoms with van der Waals surface area (Å²) in [5.74, 6) is 1.02. The Morgan fingerprint density at radius 1 is 0.812 bits per heavy atom. The maximum absolute atomic E-state index is 12.3. The van der Waals surface area contributed by atoms with Crippen molar-refractivity contribution in [2.24, 2.45) is 11.8 Å². The third kappa shape index (κ3) is 14.8. The number of hydrogen-bond donors (Lipinski definition) is 0. The maximum Gasteiger partial charge on any atom is 0.410 e. The molecule has 48 heavy (non-hydrogen) atoms. The van der Waals surface area contributed by atoms with E-state index in [2.05, 4.69) is 69.7 Å². The van der Waals surface area contributed by atoms with E-state index in [9.17, 15) is 19.2 Å². The van der Waals surface area contributed by atoms with E-state index in [0.29, 0.717) is 32.1 Å². The number of nitrogens with zero attached hydrogens (tertiary/aromatic N) is 4. The minimum absolute atomic E-state index is 0.0515. The molecule has 0 radical (unpaired) electrons. The van der Waals surface area contributed by atoms with E-state index in [4.69, 9.17) is 4.74 Å². The van der Waals surface area contributed by atoms with Gasteiger partial charge in [0.15, 0.2) is 0 Å². The summed E-state index contributed by atoms with van der Waals surface area (Å²) in [6.07, 6.45) is 0.491. The van der Waals surface area contributed by atoms with Gasteiger partial charge < -0.3 is 19.3 Å². The summed E-state index contributed by atoms with van der Waals surface area (Å²) in [7, 11) is 0. The van der Waals surface area contributed by atoms with Crippen LogP contribution < -0.4 is 0 Å². The third-order valence-electron chi connectivity index (χ3n) is 7.60. The second kappa shape index (κ2) is 19.4. The van der Waals surface area contributed by atoms with Crippen molar-refractivity contribution >= 4 is 56.1 Å². The van der Waals surface area contributed by atoms with Crippen molar-refractivity contribution in [3.8, 4) is 0 Å². The molecular weight excluding hydrogens is 740 g/mol. The molecule has 4 rings (SSSR count). The predicted octanol–water partition coefficient (Wildman–Crippen LogP) is 7.24. The Hall–Kier alpha value is -2.76. The molecule has 0 N–H and O–H groups in total. The van der Waals surface area contributed by atoms with E-state index in [1.807, 2.05) is 70.7 Å². The lowest BCUT2D eigenvalue weighted by molar-refractivity contribution is -0.137. The minimum atomic E-state index is -0.550. The molecule has 0 bridgehead atoms. The Morgan fingerprint density at radius 3 is 1.65 bits per heavy atom. The first-order chi connectivity index (χ1) is 22.4. The first-order valence-corrected chi connectivity index (χ1v) is 18.2. The Bertz CT molecular complexity index is 1390. The van der Waals surface area contributed by atoms with Crippen molar-refractivity contribution in [2.75, 3.05) is 45.8 Å². The first kappa shape index (κ1) is 41.4. The monoisotopic (exact) mass is 792 g/mol. The summed E-state index contributed by atoms with van der Waals surface area (Å²) in [6.45, 7) is 23.5. The Labute approximate surface area is 304 Å². The molecule has 266 valence electrons. The Morgan fingerprint density at radius 2 is 1.27 bits per heavy atom. The molecule has 0 aromatic heterocycles. The fraction of sp³-hybridized carbons (Fsp3) is 0.568. The summed E-state index contributed by atoms with van der Waals surface area (Å²) in [5, 5.41) is 0. The molecule has 2 aromatic carbocycles. The van der Waals surface area contributed by atoms with Gasteiger partial charge in [0.05, 0.1) is 6.54 Å². The van der Waals surface area contributed by atoms with Gasteiger partial charge in [-0.3, -0.25) is 19.4 Å². The summed E-state index contributed by atoms with van der Waals surface area (Å²) < 4.78 is 7.44. The summed E-state index contributed by atoms with van der Waals surface area (Å²) >= 11 is 6.92. The van der Waals surface area contributed by atoms with E-state index in [-0.39, 0.29) is 24.3 Å². The van der Waals surface area contributed by atoms with Crippen LogP contribution in [0.3, 0.4) is 0 Å². The van der Waals surface area contributed by atoms with Gasteiger partial charge in [0.25, 0.3) is 0 Å².